The number of amidine groups is 1. The van der Waals surface area contributed by atoms with Crippen LogP contribution in [0.1, 0.15) is 30.8 Å². The summed E-state index contributed by atoms with van der Waals surface area (Å²) in [5.41, 5.74) is 9.70. The van der Waals surface area contributed by atoms with Crippen molar-refractivity contribution < 1.29 is 13.2 Å². The number of nitrogens with one attached hydrogen (secondary N) is 1. The van der Waals surface area contributed by atoms with E-state index in [2.05, 4.69) is 23.3 Å². The molecule has 0 aliphatic rings. The highest BCUT2D eigenvalue weighted by atomic mass is 32.2. The van der Waals surface area contributed by atoms with E-state index < -0.39 is 10.0 Å². The second-order valence-electron chi connectivity index (χ2n) is 10.8. The molecule has 0 radical (unpaired) electrons. The monoisotopic (exact) mass is 612 g/mol. The Labute approximate surface area is 259 Å². The van der Waals surface area contributed by atoms with Crippen molar-refractivity contribution in [2.24, 2.45) is 12.8 Å². The number of hydrogen-bond donors (Lipinski definition) is 2. The zero-order valence-electron chi connectivity index (χ0n) is 25.7. The standard InChI is InChI=1S/C34H40N6O3S/c1-5-39(6-2)19-20-40(44(41,42)30-16-13-26-21-29(43-4)15-12-27(26)22-30)28-14-17-32-31(23-28)37-33(38(32)3)18-9-24-7-10-25(11-8-24)34(35)36/h7-8,10-17,21-23H,5-6,9,18-20H2,1-4H3,(H3,35,36). The first-order valence-corrected chi connectivity index (χ1v) is 16.3. The maximum Gasteiger partial charge on any atom is 0.264 e. The van der Waals surface area contributed by atoms with Crippen LogP contribution in [0.3, 0.4) is 0 Å². The van der Waals surface area contributed by atoms with Gasteiger partial charge in [0.05, 0.1) is 28.7 Å². The molecule has 1 aromatic heterocycles. The van der Waals surface area contributed by atoms with Gasteiger partial charge in [0.2, 0.25) is 0 Å². The normalized spacial score (nSPS) is 11.8. The second-order valence-corrected chi connectivity index (χ2v) is 12.7. The zero-order valence-corrected chi connectivity index (χ0v) is 26.6. The van der Waals surface area contributed by atoms with Gasteiger partial charge in [-0.25, -0.2) is 13.4 Å². The fraction of sp³-hybridized carbons (Fsp3) is 0.294. The van der Waals surface area contributed by atoms with Gasteiger partial charge in [-0.05, 0) is 78.3 Å². The largest absolute Gasteiger partial charge is 0.497 e. The van der Waals surface area contributed by atoms with Crippen molar-refractivity contribution in [3.63, 3.8) is 0 Å². The summed E-state index contributed by atoms with van der Waals surface area (Å²) in [5, 5.41) is 9.34. The second kappa shape index (κ2) is 13.1. The van der Waals surface area contributed by atoms with Gasteiger partial charge in [0.15, 0.2) is 0 Å². The molecule has 0 amide bonds. The van der Waals surface area contributed by atoms with Gasteiger partial charge in [0.25, 0.3) is 10.0 Å². The topological polar surface area (TPSA) is 118 Å². The van der Waals surface area contributed by atoms with Crippen LogP contribution in [0.4, 0.5) is 5.69 Å². The third-order valence-electron chi connectivity index (χ3n) is 8.27. The van der Waals surface area contributed by atoms with E-state index in [-0.39, 0.29) is 10.7 Å². The van der Waals surface area contributed by atoms with E-state index in [9.17, 15) is 8.42 Å². The van der Waals surface area contributed by atoms with Gasteiger partial charge in [0, 0.05) is 32.1 Å². The van der Waals surface area contributed by atoms with E-state index in [4.69, 9.17) is 20.9 Å². The molecule has 4 aromatic carbocycles. The number of fused-ring (bicyclic) bond motifs is 2. The summed E-state index contributed by atoms with van der Waals surface area (Å²) >= 11 is 0. The molecule has 5 rings (SSSR count). The summed E-state index contributed by atoms with van der Waals surface area (Å²) in [6.07, 6.45) is 1.49. The molecule has 0 saturated carbocycles. The number of hydrogen-bond acceptors (Lipinski definition) is 6. The number of nitrogen functional groups attached to an aromatic ring is 1. The molecular formula is C34H40N6O3S. The maximum absolute atomic E-state index is 14.3. The van der Waals surface area contributed by atoms with Crippen molar-refractivity contribution in [2.75, 3.05) is 37.6 Å². The smallest absolute Gasteiger partial charge is 0.264 e. The molecule has 44 heavy (non-hydrogen) atoms. The Bertz CT molecular complexity index is 1900. The molecule has 1 heterocycles. The third kappa shape index (κ3) is 6.41. The predicted octanol–water partition coefficient (Wildman–Crippen LogP) is 5.34. The number of benzene rings is 4. The molecule has 0 fully saturated rings. The quantitative estimate of drug-likeness (QED) is 0.137. The minimum atomic E-state index is -3.88. The Balaban J connectivity index is 1.47. The van der Waals surface area contributed by atoms with Crippen LogP contribution in [0.15, 0.2) is 83.8 Å². The fourth-order valence-electron chi connectivity index (χ4n) is 5.50. The van der Waals surface area contributed by atoms with Crippen molar-refractivity contribution in [3.8, 4) is 5.75 Å². The lowest BCUT2D eigenvalue weighted by Gasteiger charge is -2.28. The van der Waals surface area contributed by atoms with E-state index >= 15 is 0 Å². The number of ether oxygens (including phenoxy) is 1. The van der Waals surface area contributed by atoms with Gasteiger partial charge < -0.3 is 19.9 Å². The van der Waals surface area contributed by atoms with Crippen LogP contribution in [-0.4, -0.2) is 62.0 Å². The Kier molecular flexibility index (Phi) is 9.22. The Hall–Kier alpha value is -4.41. The third-order valence-corrected chi connectivity index (χ3v) is 10.1. The molecule has 230 valence electrons. The van der Waals surface area contributed by atoms with Crippen molar-refractivity contribution in [2.45, 2.75) is 31.6 Å². The highest BCUT2D eigenvalue weighted by Gasteiger charge is 2.26. The van der Waals surface area contributed by atoms with Crippen molar-refractivity contribution >= 4 is 43.4 Å². The molecule has 0 bridgehead atoms. The van der Waals surface area contributed by atoms with Gasteiger partial charge in [0.1, 0.15) is 17.4 Å². The van der Waals surface area contributed by atoms with E-state index in [1.54, 1.807) is 19.2 Å². The molecule has 0 spiro atoms. The van der Waals surface area contributed by atoms with Crippen LogP contribution in [0.5, 0.6) is 5.75 Å². The van der Waals surface area contributed by atoms with E-state index in [0.29, 0.717) is 30.8 Å². The van der Waals surface area contributed by atoms with E-state index in [1.807, 2.05) is 73.8 Å². The number of likely N-dealkylation sites (N-methyl/N-ethyl adjacent to an activating group) is 1. The molecular weight excluding hydrogens is 572 g/mol. The molecule has 3 N–H and O–H groups in total. The van der Waals surface area contributed by atoms with E-state index in [0.717, 1.165) is 58.5 Å². The van der Waals surface area contributed by atoms with Crippen LogP contribution >= 0.6 is 0 Å². The predicted molar refractivity (Wildman–Crippen MR) is 178 cm³/mol. The van der Waals surface area contributed by atoms with E-state index in [1.165, 1.54) is 4.31 Å². The van der Waals surface area contributed by atoms with Gasteiger partial charge in [-0.15, -0.1) is 0 Å². The lowest BCUT2D eigenvalue weighted by molar-refractivity contribution is 0.313. The highest BCUT2D eigenvalue weighted by molar-refractivity contribution is 7.92. The number of methoxy groups -OCH3 is 1. The van der Waals surface area contributed by atoms with Crippen LogP contribution in [0, 0.1) is 5.41 Å². The average molecular weight is 613 g/mol. The number of aromatic nitrogens is 2. The lowest BCUT2D eigenvalue weighted by atomic mass is 10.1. The van der Waals surface area contributed by atoms with Gasteiger partial charge >= 0.3 is 0 Å². The Morgan fingerprint density at radius 3 is 2.30 bits per heavy atom. The number of anilines is 1. The van der Waals surface area contributed by atoms with Crippen molar-refractivity contribution in [3.05, 3.63) is 95.8 Å². The van der Waals surface area contributed by atoms with Crippen LogP contribution in [0.25, 0.3) is 21.8 Å². The number of aryl methyl sites for hydroxylation is 3. The summed E-state index contributed by atoms with van der Waals surface area (Å²) in [5.74, 6) is 1.69. The molecule has 10 heteroatoms. The summed E-state index contributed by atoms with van der Waals surface area (Å²) in [7, 11) is -0.281. The maximum atomic E-state index is 14.3. The van der Waals surface area contributed by atoms with Crippen molar-refractivity contribution in [1.82, 2.24) is 14.5 Å². The van der Waals surface area contributed by atoms with Gasteiger partial charge in [-0.2, -0.15) is 0 Å². The summed E-state index contributed by atoms with van der Waals surface area (Å²) in [6.45, 7) is 6.75. The van der Waals surface area contributed by atoms with Crippen LogP contribution in [-0.2, 0) is 29.9 Å². The summed E-state index contributed by atoms with van der Waals surface area (Å²) in [6, 6.07) is 24.2. The fourth-order valence-corrected chi connectivity index (χ4v) is 6.98. The summed E-state index contributed by atoms with van der Waals surface area (Å²) < 4.78 is 37.4. The SMILES string of the molecule is CCN(CC)CCN(c1ccc2c(c1)nc(CCc1ccc(C(=N)N)cc1)n2C)S(=O)(=O)c1ccc2cc(OC)ccc2c1. The van der Waals surface area contributed by atoms with Crippen LogP contribution in [0.2, 0.25) is 0 Å². The average Bonchev–Trinajstić information content (AvgIpc) is 3.35. The summed E-state index contributed by atoms with van der Waals surface area (Å²) in [4.78, 5) is 7.38. The molecule has 5 aromatic rings. The first kappa shape index (κ1) is 31.0. The molecule has 0 saturated heterocycles. The first-order valence-electron chi connectivity index (χ1n) is 14.9. The van der Waals surface area contributed by atoms with Gasteiger partial charge in [-0.1, -0.05) is 50.2 Å². The number of sulfonamides is 1. The molecule has 0 atom stereocenters. The van der Waals surface area contributed by atoms with Crippen LogP contribution < -0.4 is 14.8 Å². The zero-order chi connectivity index (χ0) is 31.4. The minimum Gasteiger partial charge on any atom is -0.497 e. The minimum absolute atomic E-state index is 0.0529. The number of imidazole rings is 1. The number of rotatable bonds is 13. The highest BCUT2D eigenvalue weighted by Crippen LogP contribution is 2.30. The van der Waals surface area contributed by atoms with Crippen molar-refractivity contribution in [1.29, 1.82) is 5.41 Å². The number of nitrogens with zero attached hydrogens (tertiary/aromatic N) is 4. The lowest BCUT2D eigenvalue weighted by Crippen LogP contribution is -2.38. The molecule has 0 aliphatic carbocycles. The van der Waals surface area contributed by atoms with Gasteiger partial charge in [-0.3, -0.25) is 9.71 Å². The number of nitrogens with two attached hydrogens (primary N) is 1. The Morgan fingerprint density at radius 1 is 0.909 bits per heavy atom. The Morgan fingerprint density at radius 2 is 1.61 bits per heavy atom. The first-order chi connectivity index (χ1) is 21.1. The molecule has 0 aliphatic heterocycles. The molecule has 0 unspecified atom stereocenters. The molecule has 9 nitrogen and oxygen atoms in total.